The van der Waals surface area contributed by atoms with Crippen LogP contribution in [0.4, 0.5) is 0 Å². The Balaban J connectivity index is 3.12. The minimum atomic E-state index is 0.354. The van der Waals surface area contributed by atoms with Gasteiger partial charge in [0.2, 0.25) is 0 Å². The van der Waals surface area contributed by atoms with Crippen LogP contribution in [-0.4, -0.2) is 39.2 Å². The quantitative estimate of drug-likeness (QED) is 0.415. The highest BCUT2D eigenvalue weighted by Gasteiger charge is 2.11. The molecule has 0 saturated heterocycles. The molecule has 0 aromatic heterocycles. The highest BCUT2D eigenvalue weighted by atomic mass is 14.1. The van der Waals surface area contributed by atoms with E-state index in [-0.39, 0.29) is 0 Å². The van der Waals surface area contributed by atoms with Crippen LogP contribution in [0, 0.1) is 13.8 Å². The van der Waals surface area contributed by atoms with Crippen LogP contribution in [0.3, 0.4) is 0 Å². The molecule has 0 aliphatic rings. The van der Waals surface area contributed by atoms with Crippen LogP contribution in [0.2, 0.25) is 0 Å². The van der Waals surface area contributed by atoms with Gasteiger partial charge in [-0.15, -0.1) is 10.9 Å². The zero-order valence-corrected chi connectivity index (χ0v) is 9.96. The molecule has 0 atom stereocenters. The molecule has 0 N–H and O–H groups in total. The lowest BCUT2D eigenvalue weighted by molar-refractivity contribution is 1.41. The first-order valence-electron chi connectivity index (χ1n) is 5.27. The zero-order valence-electron chi connectivity index (χ0n) is 9.96. The Hall–Kier alpha value is -0.975. The maximum absolute atomic E-state index is 6.08. The highest BCUT2D eigenvalue weighted by molar-refractivity contribution is 6.63. The molecule has 2 rings (SSSR count). The van der Waals surface area contributed by atoms with Crippen LogP contribution in [-0.2, 0) is 0 Å². The zero-order chi connectivity index (χ0) is 12.9. The van der Waals surface area contributed by atoms with Gasteiger partial charge in [0.15, 0.2) is 0 Å². The van der Waals surface area contributed by atoms with Gasteiger partial charge in [0.1, 0.15) is 39.2 Å². The standard InChI is InChI=1S/C12H7B5/c1-4-5(2)10(15)8-6(9(4)14)3-7(13)11(16)12(8)17/h3H,1-2H3. The lowest BCUT2D eigenvalue weighted by Crippen LogP contribution is -2.42. The van der Waals surface area contributed by atoms with Crippen molar-refractivity contribution in [1.82, 2.24) is 0 Å². The molecular formula is C12H7B5. The van der Waals surface area contributed by atoms with Crippen LogP contribution in [0.1, 0.15) is 11.1 Å². The molecule has 0 heterocycles. The van der Waals surface area contributed by atoms with Gasteiger partial charge in [0.05, 0.1) is 0 Å². The van der Waals surface area contributed by atoms with Crippen molar-refractivity contribution in [2.45, 2.75) is 13.8 Å². The fourth-order valence-electron chi connectivity index (χ4n) is 2.04. The third-order valence-corrected chi connectivity index (χ3v) is 3.37. The summed E-state index contributed by atoms with van der Waals surface area (Å²) in [6, 6.07) is 1.72. The van der Waals surface area contributed by atoms with Crippen LogP contribution >= 0.6 is 0 Å². The minimum absolute atomic E-state index is 0.354. The van der Waals surface area contributed by atoms with Crippen molar-refractivity contribution in [2.75, 3.05) is 0 Å². The summed E-state index contributed by atoms with van der Waals surface area (Å²) in [5.41, 5.74) is 4.29. The fourth-order valence-corrected chi connectivity index (χ4v) is 2.04. The van der Waals surface area contributed by atoms with Gasteiger partial charge in [-0.25, -0.2) is 0 Å². The summed E-state index contributed by atoms with van der Waals surface area (Å²) in [6.45, 7) is 3.83. The number of rotatable bonds is 0. The number of benzene rings is 2. The molecule has 0 nitrogen and oxygen atoms in total. The van der Waals surface area contributed by atoms with E-state index in [0.717, 1.165) is 16.5 Å². The first-order chi connectivity index (χ1) is 7.86. The molecule has 17 heavy (non-hydrogen) atoms. The van der Waals surface area contributed by atoms with Crippen LogP contribution in [0.5, 0.6) is 0 Å². The van der Waals surface area contributed by atoms with Crippen molar-refractivity contribution >= 4 is 77.3 Å². The summed E-state index contributed by atoms with van der Waals surface area (Å²) >= 11 is 0. The predicted molar refractivity (Wildman–Crippen MR) is 80.4 cm³/mol. The first-order valence-corrected chi connectivity index (χ1v) is 5.27. The van der Waals surface area contributed by atoms with Crippen molar-refractivity contribution in [1.29, 1.82) is 0 Å². The Morgan fingerprint density at radius 2 is 1.24 bits per heavy atom. The molecule has 0 aliphatic heterocycles. The van der Waals surface area contributed by atoms with Gasteiger partial charge in [-0.3, -0.25) is 0 Å². The molecule has 0 fully saturated rings. The molecule has 0 unspecified atom stereocenters. The molecule has 70 valence electrons. The number of hydrogen-bond donors (Lipinski definition) is 0. The van der Waals surface area contributed by atoms with Crippen LogP contribution in [0.15, 0.2) is 6.07 Å². The lowest BCUT2D eigenvalue weighted by atomic mass is 9.65. The molecule has 0 spiro atoms. The summed E-state index contributed by atoms with van der Waals surface area (Å²) < 4.78 is 0. The van der Waals surface area contributed by atoms with Gasteiger partial charge < -0.3 is 0 Å². The SMILES string of the molecule is [B]c1cc2c([B])c(C)c(C)c([B])c2c([B])c1[B]. The summed E-state index contributed by atoms with van der Waals surface area (Å²) in [7, 11) is 29.7. The third-order valence-electron chi connectivity index (χ3n) is 3.37. The monoisotopic (exact) mass is 206 g/mol. The molecule has 2 aromatic rings. The van der Waals surface area contributed by atoms with E-state index in [2.05, 4.69) is 0 Å². The van der Waals surface area contributed by atoms with Crippen molar-refractivity contribution in [2.24, 2.45) is 0 Å². The number of hydrogen-bond acceptors (Lipinski definition) is 0. The van der Waals surface area contributed by atoms with E-state index in [9.17, 15) is 0 Å². The second-order valence-electron chi connectivity index (χ2n) is 4.29. The summed E-state index contributed by atoms with van der Waals surface area (Å²) in [5, 5.41) is 1.45. The average molecular weight is 205 g/mol. The van der Waals surface area contributed by atoms with Crippen LogP contribution in [0.25, 0.3) is 10.8 Å². The highest BCUT2D eigenvalue weighted by Crippen LogP contribution is 2.10. The maximum atomic E-state index is 6.08. The van der Waals surface area contributed by atoms with Crippen molar-refractivity contribution < 1.29 is 0 Å². The van der Waals surface area contributed by atoms with Crippen molar-refractivity contribution in [3.63, 3.8) is 0 Å². The number of fused-ring (bicyclic) bond motifs is 1. The molecule has 0 bridgehead atoms. The Labute approximate surface area is 109 Å². The fraction of sp³-hybridized carbons (Fsp3) is 0.167. The van der Waals surface area contributed by atoms with E-state index in [0.29, 0.717) is 32.7 Å². The Morgan fingerprint density at radius 1 is 0.706 bits per heavy atom. The van der Waals surface area contributed by atoms with Gasteiger partial charge in [-0.2, -0.15) is 0 Å². The van der Waals surface area contributed by atoms with E-state index < -0.39 is 0 Å². The molecular weight excluding hydrogens is 198 g/mol. The van der Waals surface area contributed by atoms with Gasteiger partial charge >= 0.3 is 0 Å². The second kappa shape index (κ2) is 4.05. The summed E-state index contributed by atoms with van der Waals surface area (Å²) in [6.07, 6.45) is 0. The molecule has 0 aliphatic carbocycles. The molecule has 5 heteroatoms. The summed E-state index contributed by atoms with van der Waals surface area (Å²) in [5.74, 6) is 0. The Morgan fingerprint density at radius 3 is 1.82 bits per heavy atom. The largest absolute Gasteiger partial charge is 0.115 e. The molecule has 0 amide bonds. The third kappa shape index (κ3) is 1.67. The maximum Gasteiger partial charge on any atom is 0.115 e. The minimum Gasteiger partial charge on any atom is -0.110 e. The Bertz CT molecular complexity index is 623. The van der Waals surface area contributed by atoms with E-state index in [1.165, 1.54) is 0 Å². The van der Waals surface area contributed by atoms with E-state index in [1.807, 2.05) is 13.8 Å². The van der Waals surface area contributed by atoms with Crippen molar-refractivity contribution in [3.8, 4) is 0 Å². The van der Waals surface area contributed by atoms with Crippen molar-refractivity contribution in [3.05, 3.63) is 17.2 Å². The molecule has 2 aromatic carbocycles. The topological polar surface area (TPSA) is 0 Å². The molecule has 0 saturated carbocycles. The Kier molecular flexibility index (Phi) is 2.97. The van der Waals surface area contributed by atoms with E-state index in [1.54, 1.807) is 6.07 Å². The second-order valence-corrected chi connectivity index (χ2v) is 4.29. The van der Waals surface area contributed by atoms with E-state index >= 15 is 0 Å². The van der Waals surface area contributed by atoms with Crippen LogP contribution < -0.4 is 27.3 Å². The average Bonchev–Trinajstić information content (AvgIpc) is 2.30. The van der Waals surface area contributed by atoms with Gasteiger partial charge in [-0.1, -0.05) is 33.6 Å². The summed E-state index contributed by atoms with van der Waals surface area (Å²) in [4.78, 5) is 0. The van der Waals surface area contributed by atoms with Gasteiger partial charge in [-0.05, 0) is 24.6 Å². The van der Waals surface area contributed by atoms with Gasteiger partial charge in [0, 0.05) is 0 Å². The van der Waals surface area contributed by atoms with Gasteiger partial charge in [0.25, 0.3) is 0 Å². The smallest absolute Gasteiger partial charge is 0.110 e. The first kappa shape index (κ1) is 12.5. The van der Waals surface area contributed by atoms with E-state index in [4.69, 9.17) is 39.2 Å². The predicted octanol–water partition coefficient (Wildman–Crippen LogP) is -2.57. The normalized spacial score (nSPS) is 10.9. The molecule has 10 radical (unpaired) electrons. The lowest BCUT2D eigenvalue weighted by Gasteiger charge is -2.20.